The molecular formula is C20H20Cl3NO3. The molecule has 1 saturated heterocycles. The van der Waals surface area contributed by atoms with Gasteiger partial charge in [-0.1, -0.05) is 41.4 Å². The zero-order valence-corrected chi connectivity index (χ0v) is 16.9. The van der Waals surface area contributed by atoms with Crippen molar-refractivity contribution in [1.29, 1.82) is 0 Å². The number of morpholine rings is 1. The van der Waals surface area contributed by atoms with Crippen molar-refractivity contribution in [3.05, 3.63) is 63.6 Å². The molecule has 144 valence electrons. The molecule has 27 heavy (non-hydrogen) atoms. The van der Waals surface area contributed by atoms with E-state index in [0.717, 1.165) is 23.4 Å². The van der Waals surface area contributed by atoms with Crippen LogP contribution >= 0.6 is 34.8 Å². The molecule has 3 rings (SSSR count). The molecule has 0 bridgehead atoms. The van der Waals surface area contributed by atoms with E-state index in [9.17, 15) is 4.79 Å². The number of benzene rings is 2. The van der Waals surface area contributed by atoms with Crippen molar-refractivity contribution < 1.29 is 14.3 Å². The van der Waals surface area contributed by atoms with Crippen LogP contribution in [-0.4, -0.2) is 36.4 Å². The molecule has 1 atom stereocenters. The second-order valence-electron chi connectivity index (χ2n) is 6.33. The molecule has 4 nitrogen and oxygen atoms in total. The Balaban J connectivity index is 1.64. The number of nitrogens with zero attached hydrogens (tertiary/aromatic N) is 1. The summed E-state index contributed by atoms with van der Waals surface area (Å²) < 4.78 is 11.8. The minimum Gasteiger partial charge on any atom is -0.489 e. The van der Waals surface area contributed by atoms with Crippen LogP contribution in [0, 0.1) is 0 Å². The second-order valence-corrected chi connectivity index (χ2v) is 7.56. The molecule has 1 fully saturated rings. The quantitative estimate of drug-likeness (QED) is 0.575. The summed E-state index contributed by atoms with van der Waals surface area (Å²) in [5.41, 5.74) is 1.79. The molecule has 1 unspecified atom stereocenters. The normalized spacial score (nSPS) is 17.7. The van der Waals surface area contributed by atoms with Crippen molar-refractivity contribution >= 4 is 40.0 Å². The highest BCUT2D eigenvalue weighted by Crippen LogP contribution is 2.28. The number of ether oxygens (including phenoxy) is 2. The molecule has 1 aliphatic heterocycles. The molecule has 2 aromatic carbocycles. The summed E-state index contributed by atoms with van der Waals surface area (Å²) in [5.74, 6) is 0.722. The average molecular weight is 429 g/mol. The highest BCUT2D eigenvalue weighted by Gasteiger charge is 2.22. The zero-order chi connectivity index (χ0) is 19.2. The lowest BCUT2D eigenvalue weighted by Crippen LogP contribution is -2.39. The molecule has 0 amide bonds. The highest BCUT2D eigenvalue weighted by molar-refractivity contribution is 6.63. The second kappa shape index (κ2) is 9.76. The summed E-state index contributed by atoms with van der Waals surface area (Å²) in [6.07, 6.45) is 0.271. The highest BCUT2D eigenvalue weighted by atomic mass is 35.5. The lowest BCUT2D eigenvalue weighted by atomic mass is 10.1. The average Bonchev–Trinajstić information content (AvgIpc) is 2.66. The summed E-state index contributed by atoms with van der Waals surface area (Å²) in [7, 11) is 0. The third kappa shape index (κ3) is 5.84. The van der Waals surface area contributed by atoms with E-state index in [0.29, 0.717) is 36.2 Å². The van der Waals surface area contributed by atoms with Crippen LogP contribution in [0.1, 0.15) is 23.7 Å². The molecule has 0 radical (unpaired) electrons. The Morgan fingerprint density at radius 2 is 1.93 bits per heavy atom. The van der Waals surface area contributed by atoms with Crippen LogP contribution in [0.3, 0.4) is 0 Å². The van der Waals surface area contributed by atoms with Gasteiger partial charge in [-0.05, 0) is 41.4 Å². The van der Waals surface area contributed by atoms with Gasteiger partial charge in [0.1, 0.15) is 12.4 Å². The van der Waals surface area contributed by atoms with Gasteiger partial charge in [0.15, 0.2) is 0 Å². The lowest BCUT2D eigenvalue weighted by Gasteiger charge is -2.33. The Hall–Kier alpha value is -1.30. The molecule has 0 spiro atoms. The number of hydrogen-bond acceptors (Lipinski definition) is 4. The third-order valence-corrected chi connectivity index (χ3v) is 5.35. The van der Waals surface area contributed by atoms with Gasteiger partial charge in [-0.25, -0.2) is 0 Å². The zero-order valence-electron chi connectivity index (χ0n) is 14.7. The Morgan fingerprint density at radius 3 is 2.67 bits per heavy atom. The molecule has 0 aromatic heterocycles. The fourth-order valence-electron chi connectivity index (χ4n) is 2.98. The SMILES string of the molecule is O=C(Cl)CCN1CCOC(c2cccc(OCc3c(Cl)cccc3Cl)c2)C1. The topological polar surface area (TPSA) is 38.8 Å². The fourth-order valence-corrected chi connectivity index (χ4v) is 3.57. The van der Waals surface area contributed by atoms with Crippen molar-refractivity contribution in [1.82, 2.24) is 4.90 Å². The van der Waals surface area contributed by atoms with E-state index in [1.54, 1.807) is 18.2 Å². The molecular weight excluding hydrogens is 409 g/mol. The van der Waals surface area contributed by atoms with Crippen LogP contribution in [0.5, 0.6) is 5.75 Å². The van der Waals surface area contributed by atoms with E-state index in [1.807, 2.05) is 24.3 Å². The lowest BCUT2D eigenvalue weighted by molar-refractivity contribution is -0.112. The largest absolute Gasteiger partial charge is 0.489 e. The summed E-state index contributed by atoms with van der Waals surface area (Å²) in [5, 5.41) is 0.851. The molecule has 0 saturated carbocycles. The van der Waals surface area contributed by atoms with Crippen molar-refractivity contribution in [2.45, 2.75) is 19.1 Å². The predicted molar refractivity (Wildman–Crippen MR) is 108 cm³/mol. The van der Waals surface area contributed by atoms with Crippen LogP contribution in [0.2, 0.25) is 10.0 Å². The number of carbonyl (C=O) groups excluding carboxylic acids is 1. The van der Waals surface area contributed by atoms with Crippen LogP contribution in [0.4, 0.5) is 0 Å². The van der Waals surface area contributed by atoms with E-state index in [-0.39, 0.29) is 18.0 Å². The molecule has 1 heterocycles. The molecule has 0 aliphatic carbocycles. The first-order chi connectivity index (χ1) is 13.0. The monoisotopic (exact) mass is 427 g/mol. The molecule has 0 N–H and O–H groups in total. The van der Waals surface area contributed by atoms with Gasteiger partial charge in [0.2, 0.25) is 5.24 Å². The van der Waals surface area contributed by atoms with Crippen LogP contribution < -0.4 is 4.74 Å². The molecule has 1 aliphatic rings. The fraction of sp³-hybridized carbons (Fsp3) is 0.350. The van der Waals surface area contributed by atoms with Crippen molar-refractivity contribution in [3.63, 3.8) is 0 Å². The Morgan fingerprint density at radius 1 is 1.19 bits per heavy atom. The van der Waals surface area contributed by atoms with Crippen LogP contribution in [0.15, 0.2) is 42.5 Å². The summed E-state index contributed by atoms with van der Waals surface area (Å²) in [6, 6.07) is 13.2. The van der Waals surface area contributed by atoms with Gasteiger partial charge in [-0.3, -0.25) is 9.69 Å². The standard InChI is InChI=1S/C20H20Cl3NO3/c21-17-5-2-6-18(22)16(17)13-27-15-4-1-3-14(11-15)19-12-24(9-10-26-19)8-7-20(23)25/h1-6,11,19H,7-10,12-13H2. The predicted octanol–water partition coefficient (Wildman–Crippen LogP) is 5.10. The van der Waals surface area contributed by atoms with Crippen molar-refractivity contribution in [2.75, 3.05) is 26.2 Å². The number of halogens is 3. The van der Waals surface area contributed by atoms with Crippen molar-refractivity contribution in [3.8, 4) is 5.75 Å². The Bertz CT molecular complexity index is 780. The first-order valence-corrected chi connectivity index (χ1v) is 9.84. The minimum atomic E-state index is -0.313. The van der Waals surface area contributed by atoms with Crippen LogP contribution in [0.25, 0.3) is 0 Å². The first-order valence-electron chi connectivity index (χ1n) is 8.71. The number of hydrogen-bond donors (Lipinski definition) is 0. The summed E-state index contributed by atoms with van der Waals surface area (Å²) in [4.78, 5) is 13.2. The Labute approximate surface area is 173 Å². The van der Waals surface area contributed by atoms with E-state index in [2.05, 4.69) is 4.90 Å². The minimum absolute atomic E-state index is 0.0726. The number of carbonyl (C=O) groups is 1. The van der Waals surface area contributed by atoms with Gasteiger partial charge < -0.3 is 9.47 Å². The van der Waals surface area contributed by atoms with E-state index in [1.165, 1.54) is 0 Å². The van der Waals surface area contributed by atoms with Gasteiger partial charge in [-0.2, -0.15) is 0 Å². The van der Waals surface area contributed by atoms with Gasteiger partial charge in [-0.15, -0.1) is 0 Å². The van der Waals surface area contributed by atoms with Gasteiger partial charge in [0.25, 0.3) is 0 Å². The van der Waals surface area contributed by atoms with E-state index in [4.69, 9.17) is 44.3 Å². The molecule has 2 aromatic rings. The summed E-state index contributed by atoms with van der Waals surface area (Å²) >= 11 is 17.8. The van der Waals surface area contributed by atoms with Gasteiger partial charge >= 0.3 is 0 Å². The Kier molecular flexibility index (Phi) is 7.39. The maximum Gasteiger partial charge on any atom is 0.222 e. The van der Waals surface area contributed by atoms with Crippen molar-refractivity contribution in [2.24, 2.45) is 0 Å². The number of rotatable bonds is 7. The smallest absolute Gasteiger partial charge is 0.222 e. The summed E-state index contributed by atoms with van der Waals surface area (Å²) in [6.45, 7) is 3.05. The maximum atomic E-state index is 11.0. The van der Waals surface area contributed by atoms with Gasteiger partial charge in [0, 0.05) is 41.7 Å². The van der Waals surface area contributed by atoms with E-state index >= 15 is 0 Å². The molecule has 7 heteroatoms. The third-order valence-electron chi connectivity index (χ3n) is 4.45. The van der Waals surface area contributed by atoms with Gasteiger partial charge in [0.05, 0.1) is 12.7 Å². The first kappa shape index (κ1) is 20.4. The maximum absolute atomic E-state index is 11.0. The van der Waals surface area contributed by atoms with E-state index < -0.39 is 0 Å². The van der Waals surface area contributed by atoms with Crippen LogP contribution in [-0.2, 0) is 16.1 Å².